The summed E-state index contributed by atoms with van der Waals surface area (Å²) in [4.78, 5) is 38.5. The van der Waals surface area contributed by atoms with Gasteiger partial charge in [0.05, 0.1) is 36.3 Å². The number of hydrogen-bond donors (Lipinski definition) is 3. The van der Waals surface area contributed by atoms with E-state index >= 15 is 0 Å². The van der Waals surface area contributed by atoms with E-state index in [1.165, 1.54) is 214 Å². The number of aromatic nitrogens is 2. The lowest BCUT2D eigenvalue weighted by atomic mass is 9.91. The number of carbonyl (C=O) groups is 3. The number of pyridine rings is 2. The van der Waals surface area contributed by atoms with E-state index in [4.69, 9.17) is 0 Å². The first-order valence-corrected chi connectivity index (χ1v) is 37.4. The summed E-state index contributed by atoms with van der Waals surface area (Å²) in [6.07, 6.45) is 52.0. The van der Waals surface area contributed by atoms with Crippen LogP contribution >= 0.6 is 64.8 Å². The van der Waals surface area contributed by atoms with Crippen molar-refractivity contribution in [2.24, 2.45) is 0 Å². The van der Waals surface area contributed by atoms with Gasteiger partial charge in [-0.05, 0) is 252 Å². The van der Waals surface area contributed by atoms with E-state index in [0.29, 0.717) is 18.6 Å². The second kappa shape index (κ2) is 46.2. The number of carbonyl (C=O) groups excluding carboxylic acids is 3. The Bertz CT molecular complexity index is 1600. The largest absolute Gasteiger partial charge is 0.550 e. The summed E-state index contributed by atoms with van der Waals surface area (Å²) in [6, 6.07) is 17.3. The summed E-state index contributed by atoms with van der Waals surface area (Å²) >= 11 is 0. The summed E-state index contributed by atoms with van der Waals surface area (Å²) in [6.45, 7) is 4.08. The lowest BCUT2D eigenvalue weighted by molar-refractivity contribution is -0.726. The maximum absolute atomic E-state index is 10.1. The molecule has 0 radical (unpaired) electrons. The van der Waals surface area contributed by atoms with E-state index in [0.717, 1.165) is 52.1 Å². The van der Waals surface area contributed by atoms with Crippen molar-refractivity contribution in [3.63, 3.8) is 0 Å². The molecule has 6 N–H and O–H groups in total. The predicted octanol–water partition coefficient (Wildman–Crippen LogP) is 10.3. The third kappa shape index (κ3) is 39.7. The van der Waals surface area contributed by atoms with Gasteiger partial charge in [-0.25, -0.2) is 9.97 Å². The fraction of sp³-hybridized carbons (Fsp3) is 0.783. The van der Waals surface area contributed by atoms with Crippen LogP contribution in [0.15, 0.2) is 58.8 Å². The highest BCUT2D eigenvalue weighted by Crippen LogP contribution is 2.37. The molecule has 0 unspecified atom stereocenters. The number of carboxylic acid groups (broad SMARTS) is 3. The maximum Gasteiger partial charge on any atom is 0.106 e. The first kappa shape index (κ1) is 70.0. The van der Waals surface area contributed by atoms with E-state index in [2.05, 4.69) is 25.9 Å². The predicted molar refractivity (Wildman–Crippen MR) is 325 cm³/mol. The zero-order valence-corrected chi connectivity index (χ0v) is 52.7. The van der Waals surface area contributed by atoms with E-state index in [1.54, 1.807) is 55.6 Å². The average molecular weight is 1180 g/mol. The summed E-state index contributed by atoms with van der Waals surface area (Å²) in [5.41, 5.74) is 0. The van der Waals surface area contributed by atoms with Crippen LogP contribution in [0.25, 0.3) is 0 Å². The van der Waals surface area contributed by atoms with Crippen LogP contribution < -0.4 is 31.3 Å². The molecular formula is C60H103N5O6S6. The van der Waals surface area contributed by atoms with Crippen LogP contribution in [0.3, 0.4) is 0 Å². The van der Waals surface area contributed by atoms with Gasteiger partial charge >= 0.3 is 0 Å². The minimum absolute atomic E-state index is 0.0412. The van der Waals surface area contributed by atoms with Crippen LogP contribution in [0.4, 0.5) is 0 Å². The second-order valence-corrected chi connectivity index (χ2v) is 30.6. The average Bonchev–Trinajstić information content (AvgIpc) is 3.45. The van der Waals surface area contributed by atoms with Gasteiger partial charge in [0.15, 0.2) is 0 Å². The molecule has 0 bridgehead atoms. The second-order valence-electron chi connectivity index (χ2n) is 22.6. The third-order valence-corrected chi connectivity index (χ3v) is 22.6. The van der Waals surface area contributed by atoms with Gasteiger partial charge in [0.1, 0.15) is 10.1 Å². The van der Waals surface area contributed by atoms with E-state index < -0.39 is 17.9 Å². The van der Waals surface area contributed by atoms with Crippen LogP contribution in [0.1, 0.15) is 239 Å². The summed E-state index contributed by atoms with van der Waals surface area (Å²) in [5, 5.41) is 40.3. The number of rotatable bonds is 22. The first-order valence-electron chi connectivity index (χ1n) is 30.2. The molecule has 0 spiro atoms. The minimum atomic E-state index is -1.01. The third-order valence-electron chi connectivity index (χ3n) is 15.3. The lowest BCUT2D eigenvalue weighted by Crippen LogP contribution is -2.95. The zero-order valence-electron chi connectivity index (χ0n) is 47.8. The first-order chi connectivity index (χ1) is 37.4. The molecule has 8 rings (SSSR count). The summed E-state index contributed by atoms with van der Waals surface area (Å²) < 4.78 is 0.0412. The number of nitrogens with zero attached hydrogens (tertiary/aromatic N) is 2. The molecule has 0 aromatic carbocycles. The Morgan fingerprint density at radius 1 is 0.468 bits per heavy atom. The Kier molecular flexibility index (Phi) is 42.0. The molecule has 2 heterocycles. The molecule has 11 nitrogen and oxygen atoms in total. The molecule has 2 aromatic rings. The molecule has 6 aliphatic carbocycles. The Morgan fingerprint density at radius 3 is 1.05 bits per heavy atom. The zero-order chi connectivity index (χ0) is 55.4. The molecule has 440 valence electrons. The van der Waals surface area contributed by atoms with Gasteiger partial charge in [-0.15, -0.1) is 0 Å². The fourth-order valence-electron chi connectivity index (χ4n) is 11.2. The summed E-state index contributed by atoms with van der Waals surface area (Å²) in [7, 11) is 9.49. The van der Waals surface area contributed by atoms with Crippen molar-refractivity contribution in [2.75, 3.05) is 17.8 Å². The van der Waals surface area contributed by atoms with Crippen LogP contribution in [-0.4, -0.2) is 86.6 Å². The van der Waals surface area contributed by atoms with Crippen LogP contribution in [-0.2, 0) is 14.4 Å². The standard InChI is InChI=1S/3C12H23N.C9H11NO2S2.C8H9NO2S2.C7H14O2S2/c3*1-3-7-11(8-4-1)13-12-9-5-2-6-10-12;11-9(12)5-3-7-13-14-8-4-1-2-6-10-8;10-8(11)4-6-12-13-7-3-1-2-5-9-7;1-7(2,11-10-3)5-4-6(8)9/h3*11-13H,1-10H2;1-2,4,6H,3,5,7H2,(H,11,12);1-3,5H,4,6H2,(H,10,11);4-5H2,1-3H3,(H,8,9). The summed E-state index contributed by atoms with van der Waals surface area (Å²) in [5.74, 6) is -1.60. The van der Waals surface area contributed by atoms with Crippen LogP contribution in [0, 0.1) is 0 Å². The Morgan fingerprint density at radius 2 is 0.779 bits per heavy atom. The van der Waals surface area contributed by atoms with Crippen molar-refractivity contribution < 1.29 is 45.7 Å². The minimum Gasteiger partial charge on any atom is -0.550 e. The Balaban J connectivity index is 0.000000244. The molecule has 0 atom stereocenters. The number of aliphatic carboxylic acids is 3. The van der Waals surface area contributed by atoms with Gasteiger partial charge in [0.25, 0.3) is 0 Å². The van der Waals surface area contributed by atoms with E-state index in [1.807, 2.05) is 56.5 Å². The van der Waals surface area contributed by atoms with Crippen molar-refractivity contribution >= 4 is 82.7 Å². The normalized spacial score (nSPS) is 19.2. The number of carboxylic acids is 3. The molecule has 6 aliphatic rings. The Labute approximate surface area is 491 Å². The highest BCUT2D eigenvalue weighted by Gasteiger charge is 2.25. The van der Waals surface area contributed by atoms with Crippen LogP contribution in [0.5, 0.6) is 0 Å². The van der Waals surface area contributed by atoms with Crippen molar-refractivity contribution in [1.82, 2.24) is 9.97 Å². The van der Waals surface area contributed by atoms with Gasteiger partial charge < -0.3 is 45.7 Å². The topological polar surface area (TPSA) is 196 Å². The maximum atomic E-state index is 10.1. The molecule has 2 aromatic heterocycles. The quantitative estimate of drug-likeness (QED) is 0.0744. The van der Waals surface area contributed by atoms with Gasteiger partial charge in [-0.2, -0.15) is 0 Å². The van der Waals surface area contributed by atoms with Crippen molar-refractivity contribution in [1.29, 1.82) is 0 Å². The van der Waals surface area contributed by atoms with Gasteiger partial charge in [-0.1, -0.05) is 93.8 Å². The van der Waals surface area contributed by atoms with Gasteiger partial charge in [0.2, 0.25) is 0 Å². The van der Waals surface area contributed by atoms with E-state index in [9.17, 15) is 29.7 Å². The van der Waals surface area contributed by atoms with Crippen LogP contribution in [0.2, 0.25) is 0 Å². The Hall–Kier alpha value is -1.31. The molecule has 6 saturated carbocycles. The molecule has 0 saturated heterocycles. The SMILES string of the molecule is C1CCC([NH2+]C2CCCCC2)CC1.C1CCC([NH2+]C2CCCCC2)CC1.C1CCC([NH2+]C2CCCCC2)CC1.CSSC(C)(C)CCC(=O)[O-].O=C([O-])CCCSSc1ccccn1.O=C([O-])CCSSc1ccccn1. The molecule has 0 aliphatic heterocycles. The smallest absolute Gasteiger partial charge is 0.106 e. The van der Waals surface area contributed by atoms with Crippen molar-refractivity contribution in [3.8, 4) is 0 Å². The van der Waals surface area contributed by atoms with Gasteiger partial charge in [-0.3, -0.25) is 0 Å². The molecular weight excluding hydrogens is 1080 g/mol. The highest BCUT2D eigenvalue weighted by atomic mass is 33.1. The number of nitrogens with two attached hydrogens (primary N) is 3. The van der Waals surface area contributed by atoms with Gasteiger partial charge in [0, 0.05) is 46.6 Å². The molecule has 6 fully saturated rings. The monoisotopic (exact) mass is 1180 g/mol. The van der Waals surface area contributed by atoms with E-state index in [-0.39, 0.29) is 24.0 Å². The van der Waals surface area contributed by atoms with Crippen molar-refractivity contribution in [2.45, 2.75) is 290 Å². The highest BCUT2D eigenvalue weighted by molar-refractivity contribution is 8.77. The molecule has 77 heavy (non-hydrogen) atoms. The number of quaternary nitrogens is 3. The van der Waals surface area contributed by atoms with Crippen molar-refractivity contribution in [3.05, 3.63) is 48.8 Å². The fourth-order valence-corrected chi connectivity index (χ4v) is 17.2. The molecule has 0 amide bonds. The molecule has 17 heteroatoms. The number of hydrogen-bond acceptors (Lipinski definition) is 14. The lowest BCUT2D eigenvalue weighted by Gasteiger charge is -2.27.